The fourth-order valence-corrected chi connectivity index (χ4v) is 1.63. The van der Waals surface area contributed by atoms with Gasteiger partial charge in [-0.1, -0.05) is 15.9 Å². The van der Waals surface area contributed by atoms with Crippen LogP contribution in [-0.4, -0.2) is 18.2 Å². The van der Waals surface area contributed by atoms with E-state index < -0.39 is 0 Å². The van der Waals surface area contributed by atoms with Gasteiger partial charge in [0.25, 0.3) is 0 Å². The Morgan fingerprint density at radius 1 is 1.57 bits per heavy atom. The molecule has 0 saturated carbocycles. The van der Waals surface area contributed by atoms with Crippen LogP contribution in [0.4, 0.5) is 5.69 Å². The maximum absolute atomic E-state index is 11.5. The lowest BCUT2D eigenvalue weighted by molar-refractivity contribution is 0.102. The molecule has 0 aliphatic heterocycles. The Hall–Kier alpha value is -1.03. The number of rotatable bonds is 3. The second kappa shape index (κ2) is 4.46. The first-order chi connectivity index (χ1) is 6.60. The highest BCUT2D eigenvalue weighted by atomic mass is 79.9. The lowest BCUT2D eigenvalue weighted by atomic mass is 10.0. The molecule has 0 aliphatic rings. The van der Waals surface area contributed by atoms with Crippen LogP contribution in [0.5, 0.6) is 5.75 Å². The highest BCUT2D eigenvalue weighted by Crippen LogP contribution is 2.24. The van der Waals surface area contributed by atoms with E-state index >= 15 is 0 Å². The van der Waals surface area contributed by atoms with Gasteiger partial charge in [-0.3, -0.25) is 4.79 Å². The number of carbonyl (C=O) groups excluding carboxylic acids is 1. The predicted molar refractivity (Wildman–Crippen MR) is 60.3 cm³/mol. The number of halogens is 1. The number of benzene rings is 1. The number of hydrogen-bond acceptors (Lipinski definition) is 3. The van der Waals surface area contributed by atoms with Crippen molar-refractivity contribution in [2.75, 3.05) is 18.2 Å². The van der Waals surface area contributed by atoms with Gasteiger partial charge in [-0.2, -0.15) is 0 Å². The minimum Gasteiger partial charge on any atom is -0.497 e. The second-order valence-electron chi connectivity index (χ2n) is 2.97. The van der Waals surface area contributed by atoms with Crippen LogP contribution in [-0.2, 0) is 0 Å². The van der Waals surface area contributed by atoms with Gasteiger partial charge in [-0.25, -0.2) is 0 Å². The molecule has 1 aromatic rings. The van der Waals surface area contributed by atoms with Gasteiger partial charge in [-0.05, 0) is 18.6 Å². The summed E-state index contributed by atoms with van der Waals surface area (Å²) in [5.41, 5.74) is 7.63. The zero-order valence-electron chi connectivity index (χ0n) is 8.13. The zero-order chi connectivity index (χ0) is 10.7. The molecular weight excluding hydrogens is 246 g/mol. The molecule has 3 nitrogen and oxygen atoms in total. The molecule has 76 valence electrons. The zero-order valence-corrected chi connectivity index (χ0v) is 9.72. The number of ether oxygens (including phenoxy) is 1. The molecule has 0 unspecified atom stereocenters. The van der Waals surface area contributed by atoms with Crippen LogP contribution in [0.2, 0.25) is 0 Å². The molecule has 0 aliphatic carbocycles. The number of Topliss-reactive ketones (excluding diaryl/α,β-unsaturated/α-hetero) is 1. The van der Waals surface area contributed by atoms with Crippen LogP contribution >= 0.6 is 15.9 Å². The molecule has 1 rings (SSSR count). The van der Waals surface area contributed by atoms with Crippen molar-refractivity contribution in [3.05, 3.63) is 23.3 Å². The second-order valence-corrected chi connectivity index (χ2v) is 3.53. The number of anilines is 1. The SMILES string of the molecule is COc1cc(C)c(C(=O)CBr)c(N)c1. The van der Waals surface area contributed by atoms with E-state index in [1.54, 1.807) is 19.2 Å². The monoisotopic (exact) mass is 257 g/mol. The normalized spacial score (nSPS) is 9.93. The lowest BCUT2D eigenvalue weighted by Gasteiger charge is -2.09. The largest absolute Gasteiger partial charge is 0.497 e. The molecular formula is C10H12BrNO2. The van der Waals surface area contributed by atoms with Crippen molar-refractivity contribution < 1.29 is 9.53 Å². The number of ketones is 1. The number of aryl methyl sites for hydroxylation is 1. The van der Waals surface area contributed by atoms with E-state index in [0.29, 0.717) is 17.0 Å². The van der Waals surface area contributed by atoms with Crippen molar-refractivity contribution in [1.82, 2.24) is 0 Å². The van der Waals surface area contributed by atoms with E-state index in [4.69, 9.17) is 10.5 Å². The number of methoxy groups -OCH3 is 1. The van der Waals surface area contributed by atoms with Crippen LogP contribution in [0.3, 0.4) is 0 Å². The van der Waals surface area contributed by atoms with Crippen molar-refractivity contribution in [3.8, 4) is 5.75 Å². The number of nitrogens with two attached hydrogens (primary N) is 1. The Morgan fingerprint density at radius 3 is 2.64 bits per heavy atom. The van der Waals surface area contributed by atoms with Crippen molar-refractivity contribution in [2.45, 2.75) is 6.92 Å². The molecule has 0 heterocycles. The molecule has 0 bridgehead atoms. The van der Waals surface area contributed by atoms with E-state index in [1.807, 2.05) is 6.92 Å². The molecule has 0 spiro atoms. The van der Waals surface area contributed by atoms with Crippen molar-refractivity contribution in [1.29, 1.82) is 0 Å². The summed E-state index contributed by atoms with van der Waals surface area (Å²) in [6.45, 7) is 1.84. The third-order valence-electron chi connectivity index (χ3n) is 1.98. The highest BCUT2D eigenvalue weighted by molar-refractivity contribution is 9.09. The summed E-state index contributed by atoms with van der Waals surface area (Å²) in [6.07, 6.45) is 0. The Labute approximate surface area is 91.4 Å². The number of alkyl halides is 1. The Morgan fingerprint density at radius 2 is 2.21 bits per heavy atom. The molecule has 0 amide bonds. The quantitative estimate of drug-likeness (QED) is 0.513. The molecule has 4 heteroatoms. The highest BCUT2D eigenvalue weighted by Gasteiger charge is 2.12. The average Bonchev–Trinajstić information content (AvgIpc) is 2.16. The van der Waals surface area contributed by atoms with Crippen LogP contribution in [0.25, 0.3) is 0 Å². The van der Waals surface area contributed by atoms with Crippen LogP contribution in [0.1, 0.15) is 15.9 Å². The van der Waals surface area contributed by atoms with Gasteiger partial charge in [0, 0.05) is 17.3 Å². The Bertz CT molecular complexity index is 340. The van der Waals surface area contributed by atoms with Gasteiger partial charge in [0.05, 0.1) is 12.4 Å². The summed E-state index contributed by atoms with van der Waals surface area (Å²) < 4.78 is 5.04. The maximum Gasteiger partial charge on any atom is 0.175 e. The summed E-state index contributed by atoms with van der Waals surface area (Å²) in [6, 6.07) is 3.45. The smallest absolute Gasteiger partial charge is 0.175 e. The molecule has 0 radical (unpaired) electrons. The van der Waals surface area contributed by atoms with Gasteiger partial charge in [0.15, 0.2) is 5.78 Å². The molecule has 0 aromatic heterocycles. The van der Waals surface area contributed by atoms with E-state index in [1.165, 1.54) is 0 Å². The van der Waals surface area contributed by atoms with Gasteiger partial charge in [0.2, 0.25) is 0 Å². The Balaban J connectivity index is 3.25. The van der Waals surface area contributed by atoms with E-state index in [9.17, 15) is 4.79 Å². The summed E-state index contributed by atoms with van der Waals surface area (Å²) in [4.78, 5) is 11.5. The van der Waals surface area contributed by atoms with Crippen LogP contribution < -0.4 is 10.5 Å². The third-order valence-corrected chi connectivity index (χ3v) is 2.48. The van der Waals surface area contributed by atoms with Gasteiger partial charge in [-0.15, -0.1) is 0 Å². The van der Waals surface area contributed by atoms with Gasteiger partial charge >= 0.3 is 0 Å². The summed E-state index contributed by atoms with van der Waals surface area (Å²) in [5.74, 6) is 0.661. The molecule has 0 saturated heterocycles. The lowest BCUT2D eigenvalue weighted by Crippen LogP contribution is -2.07. The molecule has 14 heavy (non-hydrogen) atoms. The summed E-state index contributed by atoms with van der Waals surface area (Å²) in [7, 11) is 1.57. The first kappa shape index (κ1) is 11.0. The number of carbonyl (C=O) groups is 1. The van der Waals surface area contributed by atoms with Crippen LogP contribution in [0, 0.1) is 6.92 Å². The number of hydrogen-bond donors (Lipinski definition) is 1. The topological polar surface area (TPSA) is 52.3 Å². The van der Waals surface area contributed by atoms with Crippen molar-refractivity contribution >= 4 is 27.4 Å². The molecule has 0 fully saturated rings. The van der Waals surface area contributed by atoms with E-state index in [2.05, 4.69) is 15.9 Å². The Kier molecular flexibility index (Phi) is 3.52. The summed E-state index contributed by atoms with van der Waals surface area (Å²) in [5, 5.41) is 0.282. The molecule has 2 N–H and O–H groups in total. The standard InChI is InChI=1S/C10H12BrNO2/c1-6-3-7(14-2)4-8(12)10(6)9(13)5-11/h3-4H,5,12H2,1-2H3. The molecule has 1 aromatic carbocycles. The summed E-state index contributed by atoms with van der Waals surface area (Å²) >= 11 is 3.12. The van der Waals surface area contributed by atoms with Crippen molar-refractivity contribution in [3.63, 3.8) is 0 Å². The minimum absolute atomic E-state index is 0.0114. The van der Waals surface area contributed by atoms with Crippen molar-refractivity contribution in [2.24, 2.45) is 0 Å². The van der Waals surface area contributed by atoms with E-state index in [-0.39, 0.29) is 11.1 Å². The first-order valence-electron chi connectivity index (χ1n) is 4.13. The maximum atomic E-state index is 11.5. The predicted octanol–water partition coefficient (Wildman–Crippen LogP) is 2.16. The molecule has 0 atom stereocenters. The van der Waals surface area contributed by atoms with E-state index in [0.717, 1.165) is 5.56 Å². The first-order valence-corrected chi connectivity index (χ1v) is 5.25. The minimum atomic E-state index is -0.0114. The fourth-order valence-electron chi connectivity index (χ4n) is 1.35. The fraction of sp³-hybridized carbons (Fsp3) is 0.300. The van der Waals surface area contributed by atoms with Gasteiger partial charge in [0.1, 0.15) is 5.75 Å². The van der Waals surface area contributed by atoms with Gasteiger partial charge < -0.3 is 10.5 Å². The average molecular weight is 258 g/mol. The van der Waals surface area contributed by atoms with Crippen LogP contribution in [0.15, 0.2) is 12.1 Å². The third kappa shape index (κ3) is 2.07. The number of nitrogen functional groups attached to an aromatic ring is 1.